The summed E-state index contributed by atoms with van der Waals surface area (Å²) in [5.41, 5.74) is 7.67. The number of aryl methyl sites for hydroxylation is 2. The van der Waals surface area contributed by atoms with Crippen LogP contribution in [0.25, 0.3) is 0 Å². The zero-order valence-corrected chi connectivity index (χ0v) is 11.9. The molecule has 5 nitrogen and oxygen atoms in total. The standard InChI is InChI=1S/C14H18N2O3S/c15-14(19)12(17)7-16-13(18)8-20-11-5-4-9-2-1-3-10(9)6-11/h4-6,12,17H,1-3,7-8H2,(H2,15,19)(H,16,18). The molecule has 0 radical (unpaired) electrons. The van der Waals surface area contributed by atoms with Gasteiger partial charge in [0, 0.05) is 4.90 Å². The SMILES string of the molecule is NC(=O)C(O)CNC(=O)CSc1ccc2c(c1)CCC2. The van der Waals surface area contributed by atoms with E-state index in [1.54, 1.807) is 0 Å². The van der Waals surface area contributed by atoms with Crippen LogP contribution in [-0.4, -0.2) is 35.3 Å². The lowest BCUT2D eigenvalue weighted by Crippen LogP contribution is -2.40. The fraction of sp³-hybridized carbons (Fsp3) is 0.429. The summed E-state index contributed by atoms with van der Waals surface area (Å²) in [6, 6.07) is 6.29. The van der Waals surface area contributed by atoms with Gasteiger partial charge in [0.25, 0.3) is 0 Å². The van der Waals surface area contributed by atoms with Crippen molar-refractivity contribution in [2.75, 3.05) is 12.3 Å². The van der Waals surface area contributed by atoms with Crippen LogP contribution in [0, 0.1) is 0 Å². The van der Waals surface area contributed by atoms with Gasteiger partial charge in [0.1, 0.15) is 6.10 Å². The second kappa shape index (κ2) is 6.76. The molecule has 2 rings (SSSR count). The highest BCUT2D eigenvalue weighted by Gasteiger charge is 2.13. The Bertz CT molecular complexity index is 519. The summed E-state index contributed by atoms with van der Waals surface area (Å²) in [5, 5.41) is 11.6. The maximum Gasteiger partial charge on any atom is 0.248 e. The molecule has 0 heterocycles. The number of carbonyl (C=O) groups excluding carboxylic acids is 2. The number of aliphatic hydroxyl groups excluding tert-OH is 1. The van der Waals surface area contributed by atoms with Crippen LogP contribution in [0.15, 0.2) is 23.1 Å². The minimum Gasteiger partial charge on any atom is -0.381 e. The van der Waals surface area contributed by atoms with Gasteiger partial charge in [-0.2, -0.15) is 0 Å². The van der Waals surface area contributed by atoms with E-state index in [1.807, 2.05) is 6.07 Å². The summed E-state index contributed by atoms with van der Waals surface area (Å²) < 4.78 is 0. The van der Waals surface area contributed by atoms with Crippen molar-refractivity contribution in [3.63, 3.8) is 0 Å². The molecule has 1 aliphatic carbocycles. The second-order valence-corrected chi connectivity index (χ2v) is 5.84. The van der Waals surface area contributed by atoms with Crippen LogP contribution in [0.3, 0.4) is 0 Å². The Morgan fingerprint density at radius 3 is 2.85 bits per heavy atom. The molecule has 6 heteroatoms. The van der Waals surface area contributed by atoms with Gasteiger partial charge in [-0.15, -0.1) is 11.8 Å². The van der Waals surface area contributed by atoms with Crippen LogP contribution in [0.4, 0.5) is 0 Å². The first-order valence-corrected chi connectivity index (χ1v) is 7.53. The van der Waals surface area contributed by atoms with Gasteiger partial charge >= 0.3 is 0 Å². The molecular weight excluding hydrogens is 276 g/mol. The topological polar surface area (TPSA) is 92.4 Å². The van der Waals surface area contributed by atoms with Crippen molar-refractivity contribution >= 4 is 23.6 Å². The molecule has 1 aliphatic rings. The molecule has 0 fully saturated rings. The van der Waals surface area contributed by atoms with Gasteiger partial charge in [0.2, 0.25) is 11.8 Å². The van der Waals surface area contributed by atoms with Gasteiger partial charge in [-0.05, 0) is 42.5 Å². The minimum absolute atomic E-state index is 0.140. The number of amides is 2. The summed E-state index contributed by atoms with van der Waals surface area (Å²) >= 11 is 1.44. The molecule has 0 bridgehead atoms. The van der Waals surface area contributed by atoms with Crippen molar-refractivity contribution in [1.29, 1.82) is 0 Å². The Hall–Kier alpha value is -1.53. The number of benzene rings is 1. The zero-order chi connectivity index (χ0) is 14.5. The highest BCUT2D eigenvalue weighted by atomic mass is 32.2. The molecule has 108 valence electrons. The number of carbonyl (C=O) groups is 2. The van der Waals surface area contributed by atoms with Crippen LogP contribution in [0.5, 0.6) is 0 Å². The number of nitrogens with two attached hydrogens (primary N) is 1. The third kappa shape index (κ3) is 3.98. The van der Waals surface area contributed by atoms with Crippen LogP contribution >= 0.6 is 11.8 Å². The lowest BCUT2D eigenvalue weighted by molar-refractivity contribution is -0.126. The van der Waals surface area contributed by atoms with E-state index in [2.05, 4.69) is 17.4 Å². The average molecular weight is 294 g/mol. The van der Waals surface area contributed by atoms with Crippen molar-refractivity contribution in [1.82, 2.24) is 5.32 Å². The summed E-state index contributed by atoms with van der Waals surface area (Å²) in [6.07, 6.45) is 2.13. The summed E-state index contributed by atoms with van der Waals surface area (Å²) in [5.74, 6) is -0.808. The second-order valence-electron chi connectivity index (χ2n) is 4.79. The molecule has 0 saturated heterocycles. The van der Waals surface area contributed by atoms with Crippen molar-refractivity contribution in [2.24, 2.45) is 5.73 Å². The van der Waals surface area contributed by atoms with Gasteiger partial charge < -0.3 is 16.2 Å². The molecule has 0 aliphatic heterocycles. The Balaban J connectivity index is 1.77. The van der Waals surface area contributed by atoms with Crippen molar-refractivity contribution in [3.05, 3.63) is 29.3 Å². The number of thioether (sulfide) groups is 1. The largest absolute Gasteiger partial charge is 0.381 e. The fourth-order valence-electron chi connectivity index (χ4n) is 2.15. The number of fused-ring (bicyclic) bond motifs is 1. The van der Waals surface area contributed by atoms with Crippen molar-refractivity contribution < 1.29 is 14.7 Å². The predicted octanol–water partition coefficient (Wildman–Crippen LogP) is 0.230. The normalized spacial score (nSPS) is 14.7. The molecule has 1 unspecified atom stereocenters. The molecular formula is C14H18N2O3S. The van der Waals surface area contributed by atoms with Crippen LogP contribution in [-0.2, 0) is 22.4 Å². The van der Waals surface area contributed by atoms with E-state index in [9.17, 15) is 14.7 Å². The third-order valence-corrected chi connectivity index (χ3v) is 4.25. The zero-order valence-electron chi connectivity index (χ0n) is 11.1. The molecule has 1 aromatic carbocycles. The predicted molar refractivity (Wildman–Crippen MR) is 77.4 cm³/mol. The van der Waals surface area contributed by atoms with E-state index < -0.39 is 12.0 Å². The number of hydrogen-bond acceptors (Lipinski definition) is 4. The lowest BCUT2D eigenvalue weighted by atomic mass is 10.1. The number of primary amides is 1. The summed E-state index contributed by atoms with van der Waals surface area (Å²) in [7, 11) is 0. The minimum atomic E-state index is -1.33. The lowest BCUT2D eigenvalue weighted by Gasteiger charge is -2.08. The van der Waals surface area contributed by atoms with Crippen LogP contribution in [0.2, 0.25) is 0 Å². The number of aliphatic hydroxyl groups is 1. The molecule has 0 aromatic heterocycles. The van der Waals surface area contributed by atoms with Gasteiger partial charge in [-0.3, -0.25) is 9.59 Å². The quantitative estimate of drug-likeness (QED) is 0.655. The van der Waals surface area contributed by atoms with Crippen LogP contribution in [0.1, 0.15) is 17.5 Å². The molecule has 0 spiro atoms. The van der Waals surface area contributed by atoms with Gasteiger partial charge in [-0.25, -0.2) is 0 Å². The van der Waals surface area contributed by atoms with Gasteiger partial charge in [0.05, 0.1) is 12.3 Å². The van der Waals surface area contributed by atoms with Crippen molar-refractivity contribution in [2.45, 2.75) is 30.3 Å². The van der Waals surface area contributed by atoms with E-state index in [0.717, 1.165) is 17.7 Å². The Labute approximate surface area is 121 Å². The van der Waals surface area contributed by atoms with E-state index in [4.69, 9.17) is 5.73 Å². The summed E-state index contributed by atoms with van der Waals surface area (Å²) in [6.45, 7) is -0.140. The third-order valence-electron chi connectivity index (χ3n) is 3.26. The molecule has 1 aromatic rings. The summed E-state index contributed by atoms with van der Waals surface area (Å²) in [4.78, 5) is 23.3. The maximum atomic E-state index is 11.6. The van der Waals surface area contributed by atoms with Crippen LogP contribution < -0.4 is 11.1 Å². The molecule has 20 heavy (non-hydrogen) atoms. The highest BCUT2D eigenvalue weighted by molar-refractivity contribution is 8.00. The first kappa shape index (κ1) is 14.9. The smallest absolute Gasteiger partial charge is 0.248 e. The van der Waals surface area contributed by atoms with Gasteiger partial charge in [-0.1, -0.05) is 6.07 Å². The molecule has 0 saturated carbocycles. The Morgan fingerprint density at radius 2 is 2.10 bits per heavy atom. The maximum absolute atomic E-state index is 11.6. The molecule has 1 atom stereocenters. The fourth-order valence-corrected chi connectivity index (χ4v) is 2.94. The average Bonchev–Trinajstić information content (AvgIpc) is 2.89. The Kier molecular flexibility index (Phi) is 5.03. The van der Waals surface area contributed by atoms with Crippen molar-refractivity contribution in [3.8, 4) is 0 Å². The van der Waals surface area contributed by atoms with E-state index in [1.165, 1.54) is 29.3 Å². The first-order valence-electron chi connectivity index (χ1n) is 6.55. The molecule has 4 N–H and O–H groups in total. The van der Waals surface area contributed by atoms with Gasteiger partial charge in [0.15, 0.2) is 0 Å². The first-order chi connectivity index (χ1) is 9.56. The number of rotatable bonds is 6. The van der Waals surface area contributed by atoms with E-state index in [-0.39, 0.29) is 18.2 Å². The highest BCUT2D eigenvalue weighted by Crippen LogP contribution is 2.27. The Morgan fingerprint density at radius 1 is 1.35 bits per heavy atom. The molecule has 2 amide bonds. The van der Waals surface area contributed by atoms with E-state index in [0.29, 0.717) is 0 Å². The monoisotopic (exact) mass is 294 g/mol. The number of nitrogens with one attached hydrogen (secondary N) is 1. The van der Waals surface area contributed by atoms with E-state index >= 15 is 0 Å². The number of hydrogen-bond donors (Lipinski definition) is 3.